The predicted octanol–water partition coefficient (Wildman–Crippen LogP) is -0.523. The Bertz CT molecular complexity index is 181. The van der Waals surface area contributed by atoms with Gasteiger partial charge in [-0.3, -0.25) is 10.2 Å². The van der Waals surface area contributed by atoms with E-state index in [4.69, 9.17) is 10.5 Å². The van der Waals surface area contributed by atoms with Gasteiger partial charge in [-0.25, -0.2) is 5.01 Å². The summed E-state index contributed by atoms with van der Waals surface area (Å²) < 4.78 is 4.81. The first-order valence-corrected chi connectivity index (χ1v) is 5.04. The number of hydrazine groups is 1. The van der Waals surface area contributed by atoms with Crippen LogP contribution in [0.5, 0.6) is 0 Å². The molecule has 0 aliphatic carbocycles. The highest BCUT2D eigenvalue weighted by Gasteiger charge is 2.17. The Morgan fingerprint density at radius 2 is 2.14 bits per heavy atom. The van der Waals surface area contributed by atoms with Gasteiger partial charge in [0.25, 0.3) is 5.91 Å². The topological polar surface area (TPSA) is 67.6 Å². The van der Waals surface area contributed by atoms with Gasteiger partial charge >= 0.3 is 0 Å². The van der Waals surface area contributed by atoms with Gasteiger partial charge in [-0.1, -0.05) is 6.42 Å². The van der Waals surface area contributed by atoms with Gasteiger partial charge in [0.05, 0.1) is 6.61 Å². The number of carbonyl (C=O) groups excluding carboxylic acids is 1. The van der Waals surface area contributed by atoms with Crippen LogP contribution in [0.25, 0.3) is 0 Å². The maximum Gasteiger partial charge on any atom is 0.253 e. The number of ether oxygens (including phenoxy) is 1. The third-order valence-electron chi connectivity index (χ3n) is 2.31. The van der Waals surface area contributed by atoms with Crippen LogP contribution in [0.4, 0.5) is 0 Å². The number of carbonyl (C=O) groups is 1. The molecule has 5 heteroatoms. The molecular weight excluding hydrogens is 182 g/mol. The average molecular weight is 201 g/mol. The fourth-order valence-corrected chi connectivity index (χ4v) is 1.50. The highest BCUT2D eigenvalue weighted by molar-refractivity contribution is 5.81. The molecule has 1 aliphatic heterocycles. The summed E-state index contributed by atoms with van der Waals surface area (Å²) in [6, 6.07) is -0.568. The number of rotatable bonds is 4. The molecule has 0 aromatic heterocycles. The lowest BCUT2D eigenvalue weighted by atomic mass is 10.2. The first-order chi connectivity index (χ1) is 6.74. The van der Waals surface area contributed by atoms with Crippen LogP contribution in [0.15, 0.2) is 0 Å². The summed E-state index contributed by atoms with van der Waals surface area (Å²) >= 11 is 0. The summed E-state index contributed by atoms with van der Waals surface area (Å²) in [5.74, 6) is -0.159. The zero-order valence-corrected chi connectivity index (χ0v) is 8.66. The quantitative estimate of drug-likeness (QED) is 0.642. The van der Waals surface area contributed by atoms with Crippen LogP contribution in [-0.4, -0.2) is 43.8 Å². The molecule has 1 aliphatic rings. The summed E-state index contributed by atoms with van der Waals surface area (Å²) in [6.07, 6.45) is 3.52. The van der Waals surface area contributed by atoms with Gasteiger partial charge in [-0.2, -0.15) is 0 Å². The minimum absolute atomic E-state index is 0.159. The molecule has 1 unspecified atom stereocenters. The lowest BCUT2D eigenvalue weighted by molar-refractivity contribution is -0.128. The molecule has 0 radical (unpaired) electrons. The number of nitrogens with one attached hydrogen (secondary N) is 1. The third kappa shape index (κ3) is 3.61. The molecule has 5 nitrogen and oxygen atoms in total. The smallest absolute Gasteiger partial charge is 0.253 e. The molecule has 0 spiro atoms. The van der Waals surface area contributed by atoms with E-state index in [2.05, 4.69) is 5.43 Å². The van der Waals surface area contributed by atoms with Crippen molar-refractivity contribution in [2.75, 3.05) is 26.8 Å². The molecule has 0 aromatic rings. The van der Waals surface area contributed by atoms with E-state index >= 15 is 0 Å². The van der Waals surface area contributed by atoms with E-state index in [1.165, 1.54) is 13.5 Å². The molecule has 0 bridgehead atoms. The summed E-state index contributed by atoms with van der Waals surface area (Å²) in [6.45, 7) is 2.11. The Kier molecular flexibility index (Phi) is 4.86. The second-order valence-corrected chi connectivity index (χ2v) is 3.59. The molecule has 0 saturated carbocycles. The second kappa shape index (κ2) is 5.95. The average Bonchev–Trinajstić information content (AvgIpc) is 2.19. The number of hydrogen-bond donors (Lipinski definition) is 2. The Morgan fingerprint density at radius 1 is 1.50 bits per heavy atom. The van der Waals surface area contributed by atoms with Crippen molar-refractivity contribution in [1.82, 2.24) is 10.4 Å². The first-order valence-electron chi connectivity index (χ1n) is 5.04. The maximum absolute atomic E-state index is 11.4. The van der Waals surface area contributed by atoms with Crippen molar-refractivity contribution in [2.24, 2.45) is 5.73 Å². The van der Waals surface area contributed by atoms with Crippen molar-refractivity contribution >= 4 is 5.91 Å². The highest BCUT2D eigenvalue weighted by Crippen LogP contribution is 2.05. The van der Waals surface area contributed by atoms with E-state index in [1.807, 2.05) is 5.01 Å². The summed E-state index contributed by atoms with van der Waals surface area (Å²) in [5, 5.41) is 1.93. The second-order valence-electron chi connectivity index (χ2n) is 3.59. The van der Waals surface area contributed by atoms with Gasteiger partial charge in [0.2, 0.25) is 0 Å². The van der Waals surface area contributed by atoms with E-state index in [0.29, 0.717) is 0 Å². The van der Waals surface area contributed by atoms with Crippen molar-refractivity contribution < 1.29 is 9.53 Å². The van der Waals surface area contributed by atoms with Crippen molar-refractivity contribution in [3.05, 3.63) is 0 Å². The molecule has 14 heavy (non-hydrogen) atoms. The zero-order valence-electron chi connectivity index (χ0n) is 8.66. The van der Waals surface area contributed by atoms with E-state index < -0.39 is 6.04 Å². The zero-order chi connectivity index (χ0) is 10.4. The van der Waals surface area contributed by atoms with Crippen molar-refractivity contribution in [1.29, 1.82) is 0 Å². The molecule has 1 saturated heterocycles. The van der Waals surface area contributed by atoms with Gasteiger partial charge < -0.3 is 10.5 Å². The summed E-state index contributed by atoms with van der Waals surface area (Å²) in [7, 11) is 1.54. The van der Waals surface area contributed by atoms with Gasteiger partial charge in [0.15, 0.2) is 0 Å². The van der Waals surface area contributed by atoms with Crippen LogP contribution in [0, 0.1) is 0 Å². The van der Waals surface area contributed by atoms with Crippen LogP contribution in [-0.2, 0) is 9.53 Å². The lowest BCUT2D eigenvalue weighted by Gasteiger charge is -2.27. The van der Waals surface area contributed by atoms with Crippen LogP contribution in [0.1, 0.15) is 19.3 Å². The van der Waals surface area contributed by atoms with Gasteiger partial charge in [-0.05, 0) is 12.8 Å². The Labute approximate surface area is 84.5 Å². The number of piperidine rings is 1. The van der Waals surface area contributed by atoms with E-state index in [0.717, 1.165) is 25.9 Å². The third-order valence-corrected chi connectivity index (χ3v) is 2.31. The highest BCUT2D eigenvalue weighted by atomic mass is 16.5. The predicted molar refractivity (Wildman–Crippen MR) is 53.4 cm³/mol. The normalized spacial score (nSPS) is 20.4. The maximum atomic E-state index is 11.4. The van der Waals surface area contributed by atoms with Gasteiger partial charge in [0.1, 0.15) is 6.04 Å². The standard InChI is InChI=1S/C9H19N3O2/c1-14-7-8(10)9(13)11-12-5-3-2-4-6-12/h8H,2-7,10H2,1H3,(H,11,13). The Morgan fingerprint density at radius 3 is 2.71 bits per heavy atom. The molecule has 1 atom stereocenters. The molecule has 1 heterocycles. The van der Waals surface area contributed by atoms with Crippen LogP contribution in [0.2, 0.25) is 0 Å². The minimum Gasteiger partial charge on any atom is -0.383 e. The van der Waals surface area contributed by atoms with Crippen molar-refractivity contribution in [2.45, 2.75) is 25.3 Å². The van der Waals surface area contributed by atoms with E-state index in [1.54, 1.807) is 0 Å². The molecule has 82 valence electrons. The summed E-state index contributed by atoms with van der Waals surface area (Å²) in [4.78, 5) is 11.4. The number of hydrogen-bond acceptors (Lipinski definition) is 4. The largest absolute Gasteiger partial charge is 0.383 e. The van der Waals surface area contributed by atoms with Crippen molar-refractivity contribution in [3.63, 3.8) is 0 Å². The first kappa shape index (κ1) is 11.4. The number of methoxy groups -OCH3 is 1. The molecular formula is C9H19N3O2. The SMILES string of the molecule is COCC(N)C(=O)NN1CCCCC1. The van der Waals surface area contributed by atoms with Crippen LogP contribution >= 0.6 is 0 Å². The number of nitrogens with two attached hydrogens (primary N) is 1. The number of amides is 1. The van der Waals surface area contributed by atoms with Crippen LogP contribution in [0.3, 0.4) is 0 Å². The summed E-state index contributed by atoms with van der Waals surface area (Å²) in [5.41, 5.74) is 8.37. The molecule has 3 N–H and O–H groups in total. The van der Waals surface area contributed by atoms with Gasteiger partial charge in [0, 0.05) is 20.2 Å². The van der Waals surface area contributed by atoms with Gasteiger partial charge in [-0.15, -0.1) is 0 Å². The lowest BCUT2D eigenvalue weighted by Crippen LogP contribution is -2.52. The molecule has 1 rings (SSSR count). The number of nitrogens with zero attached hydrogens (tertiary/aromatic N) is 1. The minimum atomic E-state index is -0.568. The van der Waals surface area contributed by atoms with E-state index in [9.17, 15) is 4.79 Å². The fourth-order valence-electron chi connectivity index (χ4n) is 1.50. The Balaban J connectivity index is 2.24. The molecule has 1 fully saturated rings. The van der Waals surface area contributed by atoms with E-state index in [-0.39, 0.29) is 12.5 Å². The fraction of sp³-hybridized carbons (Fsp3) is 0.889. The van der Waals surface area contributed by atoms with Crippen molar-refractivity contribution in [3.8, 4) is 0 Å². The molecule has 1 amide bonds. The monoisotopic (exact) mass is 201 g/mol. The Hall–Kier alpha value is -0.650. The van der Waals surface area contributed by atoms with Crippen LogP contribution < -0.4 is 11.2 Å². The molecule has 0 aromatic carbocycles.